The van der Waals surface area contributed by atoms with Crippen LogP contribution >= 0.6 is 11.6 Å². The fraction of sp³-hybridized carbons (Fsp3) is 0.350. The molecule has 2 aromatic rings. The molecule has 26 heavy (non-hydrogen) atoms. The number of hydrogen-bond donors (Lipinski definition) is 1. The molecule has 1 heterocycles. The average molecular weight is 374 g/mol. The van der Waals surface area contributed by atoms with E-state index in [4.69, 9.17) is 16.3 Å². The number of hydrogen-bond acceptors (Lipinski definition) is 3. The highest BCUT2D eigenvalue weighted by Gasteiger charge is 2.20. The number of nitrogens with one attached hydrogen (secondary N) is 1. The maximum absolute atomic E-state index is 12.2. The summed E-state index contributed by atoms with van der Waals surface area (Å²) in [5.41, 5.74) is 1.31. The first kappa shape index (κ1) is 18.5. The van der Waals surface area contributed by atoms with Crippen molar-refractivity contribution in [3.05, 3.63) is 65.2 Å². The van der Waals surface area contributed by atoms with Gasteiger partial charge in [0.1, 0.15) is 12.4 Å². The molecule has 2 amide bonds. The lowest BCUT2D eigenvalue weighted by Gasteiger charge is -2.34. The Morgan fingerprint density at radius 3 is 2.54 bits per heavy atom. The van der Waals surface area contributed by atoms with E-state index < -0.39 is 0 Å². The van der Waals surface area contributed by atoms with Gasteiger partial charge in [0.2, 0.25) is 0 Å². The predicted molar refractivity (Wildman–Crippen MR) is 104 cm³/mol. The van der Waals surface area contributed by atoms with Crippen LogP contribution < -0.4 is 10.1 Å². The number of carbonyl (C=O) groups is 1. The topological polar surface area (TPSA) is 44.8 Å². The summed E-state index contributed by atoms with van der Waals surface area (Å²) in [5, 5.41) is 3.55. The molecule has 1 aliphatic rings. The summed E-state index contributed by atoms with van der Waals surface area (Å²) >= 11 is 5.91. The molecular weight excluding hydrogens is 350 g/mol. The average Bonchev–Trinajstić information content (AvgIpc) is 2.66. The third-order valence-electron chi connectivity index (χ3n) is 4.35. The zero-order valence-electron chi connectivity index (χ0n) is 14.7. The van der Waals surface area contributed by atoms with Gasteiger partial charge in [0, 0.05) is 37.7 Å². The van der Waals surface area contributed by atoms with Gasteiger partial charge >= 0.3 is 6.03 Å². The zero-order valence-corrected chi connectivity index (χ0v) is 15.5. The summed E-state index contributed by atoms with van der Waals surface area (Å²) in [6.45, 7) is 5.09. The van der Waals surface area contributed by atoms with Gasteiger partial charge in [-0.05, 0) is 23.8 Å². The van der Waals surface area contributed by atoms with Crippen molar-refractivity contribution in [1.29, 1.82) is 0 Å². The van der Waals surface area contributed by atoms with Crippen LogP contribution in [0.5, 0.6) is 5.75 Å². The minimum absolute atomic E-state index is 0.0287. The van der Waals surface area contributed by atoms with E-state index >= 15 is 0 Å². The van der Waals surface area contributed by atoms with Crippen molar-refractivity contribution in [2.24, 2.45) is 0 Å². The van der Waals surface area contributed by atoms with Crippen molar-refractivity contribution < 1.29 is 9.53 Å². The Morgan fingerprint density at radius 2 is 1.81 bits per heavy atom. The van der Waals surface area contributed by atoms with Gasteiger partial charge < -0.3 is 15.0 Å². The second kappa shape index (κ2) is 9.46. The van der Waals surface area contributed by atoms with Crippen LogP contribution in [0.4, 0.5) is 4.79 Å². The standard InChI is InChI=1S/C20H24ClN3O2/c21-18-7-4-8-19(15-18)26-14-9-22-20(25)24-12-10-23(11-13-24)16-17-5-2-1-3-6-17/h1-8,15H,9-14,16H2,(H,22,25). The number of halogens is 1. The Morgan fingerprint density at radius 1 is 1.04 bits per heavy atom. The summed E-state index contributed by atoms with van der Waals surface area (Å²) in [4.78, 5) is 16.5. The van der Waals surface area contributed by atoms with Gasteiger partial charge in [0.15, 0.2) is 0 Å². The lowest BCUT2D eigenvalue weighted by molar-refractivity contribution is 0.134. The van der Waals surface area contributed by atoms with Crippen molar-refractivity contribution in [3.8, 4) is 5.75 Å². The fourth-order valence-corrected chi connectivity index (χ4v) is 3.13. The molecule has 1 N–H and O–H groups in total. The minimum Gasteiger partial charge on any atom is -0.492 e. The normalized spacial score (nSPS) is 14.9. The van der Waals surface area contributed by atoms with E-state index in [9.17, 15) is 4.79 Å². The lowest BCUT2D eigenvalue weighted by Crippen LogP contribution is -2.51. The molecule has 3 rings (SSSR count). The molecule has 0 radical (unpaired) electrons. The van der Waals surface area contributed by atoms with Crippen LogP contribution in [0, 0.1) is 0 Å². The number of piperazine rings is 1. The Kier molecular flexibility index (Phi) is 6.75. The van der Waals surface area contributed by atoms with E-state index in [0.717, 1.165) is 32.7 Å². The van der Waals surface area contributed by atoms with E-state index in [0.29, 0.717) is 23.9 Å². The number of urea groups is 1. The van der Waals surface area contributed by atoms with Gasteiger partial charge in [0.05, 0.1) is 6.54 Å². The van der Waals surface area contributed by atoms with Crippen molar-refractivity contribution in [1.82, 2.24) is 15.1 Å². The maximum atomic E-state index is 12.2. The predicted octanol–water partition coefficient (Wildman–Crippen LogP) is 3.25. The van der Waals surface area contributed by atoms with Crippen molar-refractivity contribution in [3.63, 3.8) is 0 Å². The van der Waals surface area contributed by atoms with Crippen LogP contribution in [-0.2, 0) is 6.54 Å². The number of rotatable bonds is 6. The zero-order chi connectivity index (χ0) is 18.2. The van der Waals surface area contributed by atoms with Crippen LogP contribution in [0.1, 0.15) is 5.56 Å². The summed E-state index contributed by atoms with van der Waals surface area (Å²) in [5.74, 6) is 0.710. The van der Waals surface area contributed by atoms with E-state index in [2.05, 4.69) is 34.5 Å². The molecule has 0 unspecified atom stereocenters. The lowest BCUT2D eigenvalue weighted by atomic mass is 10.2. The number of nitrogens with zero attached hydrogens (tertiary/aromatic N) is 2. The highest BCUT2D eigenvalue weighted by molar-refractivity contribution is 6.30. The van der Waals surface area contributed by atoms with Crippen molar-refractivity contribution in [2.45, 2.75) is 6.54 Å². The molecule has 5 nitrogen and oxygen atoms in total. The van der Waals surface area contributed by atoms with Gasteiger partial charge in [-0.1, -0.05) is 48.0 Å². The van der Waals surface area contributed by atoms with Gasteiger partial charge in [-0.3, -0.25) is 4.90 Å². The first-order valence-corrected chi connectivity index (χ1v) is 9.26. The molecule has 6 heteroatoms. The summed E-state index contributed by atoms with van der Waals surface area (Å²) in [6, 6.07) is 17.6. The van der Waals surface area contributed by atoms with Gasteiger partial charge in [-0.15, -0.1) is 0 Å². The highest BCUT2D eigenvalue weighted by Crippen LogP contribution is 2.16. The maximum Gasteiger partial charge on any atom is 0.317 e. The molecule has 1 aliphatic heterocycles. The summed E-state index contributed by atoms with van der Waals surface area (Å²) in [7, 11) is 0. The Hall–Kier alpha value is -2.24. The number of benzene rings is 2. The SMILES string of the molecule is O=C(NCCOc1cccc(Cl)c1)N1CCN(Cc2ccccc2)CC1. The van der Waals surface area contributed by atoms with Crippen molar-refractivity contribution in [2.75, 3.05) is 39.3 Å². The molecule has 2 aromatic carbocycles. The molecule has 0 aliphatic carbocycles. The van der Waals surface area contributed by atoms with Crippen LogP contribution in [0.2, 0.25) is 5.02 Å². The first-order valence-electron chi connectivity index (χ1n) is 8.88. The highest BCUT2D eigenvalue weighted by atomic mass is 35.5. The van der Waals surface area contributed by atoms with Gasteiger partial charge in [-0.25, -0.2) is 4.79 Å². The summed E-state index contributed by atoms with van der Waals surface area (Å²) in [6.07, 6.45) is 0. The fourth-order valence-electron chi connectivity index (χ4n) is 2.95. The van der Waals surface area contributed by atoms with Gasteiger partial charge in [0.25, 0.3) is 0 Å². The Balaban J connectivity index is 1.33. The molecular formula is C20H24ClN3O2. The smallest absolute Gasteiger partial charge is 0.317 e. The van der Waals surface area contributed by atoms with Crippen LogP contribution in [0.25, 0.3) is 0 Å². The van der Waals surface area contributed by atoms with E-state index in [-0.39, 0.29) is 6.03 Å². The molecule has 0 saturated carbocycles. The molecule has 0 spiro atoms. The van der Waals surface area contributed by atoms with Crippen LogP contribution in [0.15, 0.2) is 54.6 Å². The number of amides is 2. The second-order valence-electron chi connectivity index (χ2n) is 6.29. The largest absolute Gasteiger partial charge is 0.492 e. The molecule has 0 atom stereocenters. The van der Waals surface area contributed by atoms with E-state index in [1.165, 1.54) is 5.56 Å². The van der Waals surface area contributed by atoms with E-state index in [1.807, 2.05) is 23.1 Å². The molecule has 0 bridgehead atoms. The Bertz CT molecular complexity index is 703. The van der Waals surface area contributed by atoms with Crippen LogP contribution in [0.3, 0.4) is 0 Å². The first-order chi connectivity index (χ1) is 12.7. The van der Waals surface area contributed by atoms with Crippen LogP contribution in [-0.4, -0.2) is 55.2 Å². The third kappa shape index (κ3) is 5.64. The summed E-state index contributed by atoms with van der Waals surface area (Å²) < 4.78 is 5.58. The molecule has 138 valence electrons. The van der Waals surface area contributed by atoms with E-state index in [1.54, 1.807) is 12.1 Å². The Labute approximate surface area is 159 Å². The molecule has 1 saturated heterocycles. The second-order valence-corrected chi connectivity index (χ2v) is 6.72. The molecule has 1 fully saturated rings. The number of carbonyl (C=O) groups excluding carboxylic acids is 1. The quantitative estimate of drug-likeness (QED) is 0.790. The third-order valence-corrected chi connectivity index (χ3v) is 4.59. The van der Waals surface area contributed by atoms with Gasteiger partial charge in [-0.2, -0.15) is 0 Å². The number of ether oxygens (including phenoxy) is 1. The molecule has 0 aromatic heterocycles. The van der Waals surface area contributed by atoms with Crippen molar-refractivity contribution >= 4 is 17.6 Å². The minimum atomic E-state index is -0.0287. The monoisotopic (exact) mass is 373 g/mol.